The van der Waals surface area contributed by atoms with Crippen molar-refractivity contribution in [3.05, 3.63) is 78.1 Å². The summed E-state index contributed by atoms with van der Waals surface area (Å²) in [5.41, 5.74) is 1.64. The fourth-order valence-electron chi connectivity index (χ4n) is 2.02. The molecule has 0 saturated heterocycles. The number of benzene rings is 2. The molecule has 0 aliphatic rings. The van der Waals surface area contributed by atoms with Crippen LogP contribution in [0.3, 0.4) is 0 Å². The van der Waals surface area contributed by atoms with E-state index < -0.39 is 0 Å². The van der Waals surface area contributed by atoms with E-state index >= 15 is 0 Å². The standard InChI is InChI=1S/C19H22N2O/c1-2-3-14-20-19(21-17-12-8-5-9-13-17)15-18(22)16-10-6-4-7-11-16/h4-13,15,20-21H,2-3,14H2,1H3/b19-15+. The van der Waals surface area contributed by atoms with E-state index in [1.165, 1.54) is 0 Å². The van der Waals surface area contributed by atoms with Crippen molar-refractivity contribution in [2.24, 2.45) is 0 Å². The van der Waals surface area contributed by atoms with Crippen LogP contribution in [0, 0.1) is 0 Å². The number of allylic oxidation sites excluding steroid dienone is 1. The van der Waals surface area contributed by atoms with Gasteiger partial charge < -0.3 is 10.6 Å². The fourth-order valence-corrected chi connectivity index (χ4v) is 2.02. The van der Waals surface area contributed by atoms with Crippen molar-refractivity contribution in [2.75, 3.05) is 11.9 Å². The maximum absolute atomic E-state index is 12.3. The maximum Gasteiger partial charge on any atom is 0.189 e. The summed E-state index contributed by atoms with van der Waals surface area (Å²) in [7, 11) is 0. The minimum Gasteiger partial charge on any atom is -0.372 e. The summed E-state index contributed by atoms with van der Waals surface area (Å²) in [6.45, 7) is 2.98. The first-order chi connectivity index (χ1) is 10.8. The molecule has 2 aromatic carbocycles. The smallest absolute Gasteiger partial charge is 0.189 e. The average Bonchev–Trinajstić information content (AvgIpc) is 2.56. The molecule has 3 heteroatoms. The van der Waals surface area contributed by atoms with Crippen LogP contribution in [-0.4, -0.2) is 12.3 Å². The van der Waals surface area contributed by atoms with Crippen LogP contribution in [0.5, 0.6) is 0 Å². The highest BCUT2D eigenvalue weighted by atomic mass is 16.1. The van der Waals surface area contributed by atoms with Crippen molar-refractivity contribution in [3.8, 4) is 0 Å². The molecule has 2 rings (SSSR count). The monoisotopic (exact) mass is 294 g/mol. The minimum absolute atomic E-state index is 0.0111. The van der Waals surface area contributed by atoms with Crippen LogP contribution >= 0.6 is 0 Å². The van der Waals surface area contributed by atoms with Gasteiger partial charge in [0.1, 0.15) is 5.82 Å². The van der Waals surface area contributed by atoms with E-state index in [0.717, 1.165) is 30.9 Å². The Balaban J connectivity index is 2.12. The van der Waals surface area contributed by atoms with Gasteiger partial charge in [-0.2, -0.15) is 0 Å². The molecular weight excluding hydrogens is 272 g/mol. The molecule has 0 aliphatic carbocycles. The van der Waals surface area contributed by atoms with E-state index in [0.29, 0.717) is 5.56 Å². The number of para-hydroxylation sites is 1. The molecule has 0 fully saturated rings. The molecule has 2 N–H and O–H groups in total. The van der Waals surface area contributed by atoms with Gasteiger partial charge >= 0.3 is 0 Å². The van der Waals surface area contributed by atoms with Gasteiger partial charge in [0.25, 0.3) is 0 Å². The molecule has 114 valence electrons. The second kappa shape index (κ2) is 8.67. The van der Waals surface area contributed by atoms with Crippen molar-refractivity contribution < 1.29 is 4.79 Å². The first-order valence-electron chi connectivity index (χ1n) is 7.66. The van der Waals surface area contributed by atoms with E-state index in [9.17, 15) is 4.79 Å². The van der Waals surface area contributed by atoms with Crippen molar-refractivity contribution in [1.82, 2.24) is 5.32 Å². The predicted octanol–water partition coefficient (Wildman–Crippen LogP) is 4.21. The molecule has 0 unspecified atom stereocenters. The molecule has 0 heterocycles. The van der Waals surface area contributed by atoms with Crippen LogP contribution in [0.15, 0.2) is 72.6 Å². The van der Waals surface area contributed by atoms with Gasteiger partial charge in [-0.25, -0.2) is 0 Å². The molecule has 0 atom stereocenters. The van der Waals surface area contributed by atoms with E-state index in [-0.39, 0.29) is 5.78 Å². The van der Waals surface area contributed by atoms with E-state index in [1.54, 1.807) is 6.08 Å². The molecule has 3 nitrogen and oxygen atoms in total. The van der Waals surface area contributed by atoms with Crippen molar-refractivity contribution in [3.63, 3.8) is 0 Å². The number of carbonyl (C=O) groups excluding carboxylic acids is 1. The summed E-state index contributed by atoms with van der Waals surface area (Å²) in [6, 6.07) is 19.1. The normalized spacial score (nSPS) is 11.0. The van der Waals surface area contributed by atoms with Gasteiger partial charge in [0.15, 0.2) is 5.78 Å². The Morgan fingerprint density at radius 1 is 1.00 bits per heavy atom. The molecule has 0 radical (unpaired) electrons. The number of rotatable bonds is 8. The Kier molecular flexibility index (Phi) is 6.24. The Labute approximate surface area is 132 Å². The molecule has 0 aromatic heterocycles. The maximum atomic E-state index is 12.3. The van der Waals surface area contributed by atoms with Gasteiger partial charge in [-0.15, -0.1) is 0 Å². The number of carbonyl (C=O) groups is 1. The lowest BCUT2D eigenvalue weighted by Gasteiger charge is -2.13. The topological polar surface area (TPSA) is 41.1 Å². The lowest BCUT2D eigenvalue weighted by Crippen LogP contribution is -2.22. The summed E-state index contributed by atoms with van der Waals surface area (Å²) < 4.78 is 0. The van der Waals surface area contributed by atoms with Crippen molar-refractivity contribution in [1.29, 1.82) is 0 Å². The van der Waals surface area contributed by atoms with E-state index in [4.69, 9.17) is 0 Å². The number of nitrogens with one attached hydrogen (secondary N) is 2. The third-order valence-corrected chi connectivity index (χ3v) is 3.23. The number of hydrogen-bond acceptors (Lipinski definition) is 3. The zero-order chi connectivity index (χ0) is 15.6. The summed E-state index contributed by atoms with van der Waals surface area (Å²) in [5.74, 6) is 0.719. The third-order valence-electron chi connectivity index (χ3n) is 3.23. The van der Waals surface area contributed by atoms with Gasteiger partial charge in [-0.3, -0.25) is 4.79 Å². The fraction of sp³-hybridized carbons (Fsp3) is 0.211. The number of unbranched alkanes of at least 4 members (excludes halogenated alkanes) is 1. The Bertz CT molecular complexity index is 606. The minimum atomic E-state index is -0.0111. The first kappa shape index (κ1) is 15.8. The SMILES string of the molecule is CCCCN/C(=C\C(=O)c1ccccc1)Nc1ccccc1. The number of anilines is 1. The summed E-state index contributed by atoms with van der Waals surface area (Å²) >= 11 is 0. The zero-order valence-corrected chi connectivity index (χ0v) is 12.9. The third kappa shape index (κ3) is 5.09. The lowest BCUT2D eigenvalue weighted by molar-refractivity contribution is 0.104. The zero-order valence-electron chi connectivity index (χ0n) is 12.9. The summed E-state index contributed by atoms with van der Waals surface area (Å²) in [4.78, 5) is 12.3. The van der Waals surface area contributed by atoms with Gasteiger partial charge in [-0.05, 0) is 18.6 Å². The number of ketones is 1. The molecular formula is C19H22N2O. The lowest BCUT2D eigenvalue weighted by atomic mass is 10.1. The van der Waals surface area contributed by atoms with Crippen LogP contribution < -0.4 is 10.6 Å². The van der Waals surface area contributed by atoms with Crippen molar-refractivity contribution in [2.45, 2.75) is 19.8 Å². The van der Waals surface area contributed by atoms with Gasteiger partial charge in [0.2, 0.25) is 0 Å². The second-order valence-electron chi connectivity index (χ2n) is 5.06. The molecule has 0 bridgehead atoms. The quantitative estimate of drug-likeness (QED) is 0.435. The Morgan fingerprint density at radius 3 is 2.27 bits per heavy atom. The van der Waals surface area contributed by atoms with Crippen LogP contribution in [0.2, 0.25) is 0 Å². The van der Waals surface area contributed by atoms with Crippen LogP contribution in [0.1, 0.15) is 30.1 Å². The Morgan fingerprint density at radius 2 is 1.64 bits per heavy atom. The Hall–Kier alpha value is -2.55. The highest BCUT2D eigenvalue weighted by Gasteiger charge is 2.05. The van der Waals surface area contributed by atoms with Crippen LogP contribution in [0.25, 0.3) is 0 Å². The van der Waals surface area contributed by atoms with E-state index in [2.05, 4.69) is 17.6 Å². The highest BCUT2D eigenvalue weighted by molar-refractivity contribution is 6.05. The molecule has 0 saturated carbocycles. The molecule has 0 aliphatic heterocycles. The van der Waals surface area contributed by atoms with Gasteiger partial charge in [-0.1, -0.05) is 61.9 Å². The molecule has 2 aromatic rings. The first-order valence-corrected chi connectivity index (χ1v) is 7.66. The van der Waals surface area contributed by atoms with Gasteiger partial charge in [0, 0.05) is 23.9 Å². The second-order valence-corrected chi connectivity index (χ2v) is 5.06. The summed E-state index contributed by atoms with van der Waals surface area (Å²) in [6.07, 6.45) is 3.80. The van der Waals surface area contributed by atoms with E-state index in [1.807, 2.05) is 60.7 Å². The largest absolute Gasteiger partial charge is 0.372 e. The van der Waals surface area contributed by atoms with Crippen molar-refractivity contribution >= 4 is 11.5 Å². The van der Waals surface area contributed by atoms with Crippen LogP contribution in [-0.2, 0) is 0 Å². The van der Waals surface area contributed by atoms with Gasteiger partial charge in [0.05, 0.1) is 0 Å². The summed E-state index contributed by atoms with van der Waals surface area (Å²) in [5, 5.41) is 6.57. The average molecular weight is 294 g/mol. The highest BCUT2D eigenvalue weighted by Crippen LogP contribution is 2.09. The predicted molar refractivity (Wildman–Crippen MR) is 91.8 cm³/mol. The molecule has 0 amide bonds. The molecule has 0 spiro atoms. The molecule has 22 heavy (non-hydrogen) atoms. The van der Waals surface area contributed by atoms with Crippen LogP contribution in [0.4, 0.5) is 5.69 Å². The number of hydrogen-bond donors (Lipinski definition) is 2.